The molecule has 1 aliphatic rings. The predicted octanol–water partition coefficient (Wildman–Crippen LogP) is 1.67. The number of carbonyl (C=O) groups excluding carboxylic acids is 2. The molecule has 3 N–H and O–H groups in total. The van der Waals surface area contributed by atoms with Crippen molar-refractivity contribution in [3.63, 3.8) is 0 Å². The van der Waals surface area contributed by atoms with Crippen molar-refractivity contribution < 1.29 is 9.59 Å². The number of hydrogen-bond donors (Lipinski definition) is 2. The van der Waals surface area contributed by atoms with E-state index in [-0.39, 0.29) is 24.1 Å². The summed E-state index contributed by atoms with van der Waals surface area (Å²) >= 11 is 0. The molecule has 1 aromatic rings. The number of nitrogens with two attached hydrogens (primary N) is 1. The molecule has 0 aromatic heterocycles. The summed E-state index contributed by atoms with van der Waals surface area (Å²) in [4.78, 5) is 25.7. The second kappa shape index (κ2) is 8.12. The molecule has 0 saturated carbocycles. The Morgan fingerprint density at radius 1 is 1.38 bits per heavy atom. The Morgan fingerprint density at radius 2 is 2.10 bits per heavy atom. The lowest BCUT2D eigenvalue weighted by atomic mass is 10.1. The van der Waals surface area contributed by atoms with Crippen LogP contribution in [0.3, 0.4) is 0 Å². The number of nitrogens with zero attached hydrogens (tertiary/aromatic N) is 1. The van der Waals surface area contributed by atoms with Crippen LogP contribution < -0.4 is 11.1 Å². The summed E-state index contributed by atoms with van der Waals surface area (Å²) < 4.78 is 0. The molecule has 2 rings (SSSR count). The van der Waals surface area contributed by atoms with Crippen molar-refractivity contribution in [3.05, 3.63) is 29.8 Å². The van der Waals surface area contributed by atoms with Gasteiger partial charge in [0.15, 0.2) is 5.78 Å². The summed E-state index contributed by atoms with van der Waals surface area (Å²) in [5, 5.41) is 2.82. The number of para-hydroxylation sites is 1. The smallest absolute Gasteiger partial charge is 0.238 e. The Hall–Kier alpha value is -1.43. The summed E-state index contributed by atoms with van der Waals surface area (Å²) in [7, 11) is 0. The van der Waals surface area contributed by atoms with E-state index in [1.807, 2.05) is 0 Å². The van der Waals surface area contributed by atoms with Crippen LogP contribution in [0.1, 0.15) is 30.1 Å². The van der Waals surface area contributed by atoms with Crippen LogP contribution in [0, 0.1) is 0 Å². The van der Waals surface area contributed by atoms with E-state index in [9.17, 15) is 9.59 Å². The van der Waals surface area contributed by atoms with Crippen molar-refractivity contribution in [2.24, 2.45) is 5.73 Å². The van der Waals surface area contributed by atoms with Gasteiger partial charge in [0.05, 0.1) is 12.2 Å². The van der Waals surface area contributed by atoms with E-state index in [0.717, 1.165) is 19.4 Å². The second-order valence-electron chi connectivity index (χ2n) is 5.15. The molecule has 1 saturated heterocycles. The Kier molecular flexibility index (Phi) is 6.81. The van der Waals surface area contributed by atoms with Crippen molar-refractivity contribution in [2.75, 3.05) is 25.0 Å². The first-order valence-electron chi connectivity index (χ1n) is 6.95. The fraction of sp³-hybridized carbons (Fsp3) is 0.467. The molecule has 0 bridgehead atoms. The average molecular weight is 312 g/mol. The van der Waals surface area contributed by atoms with Gasteiger partial charge in [0, 0.05) is 18.2 Å². The first-order valence-corrected chi connectivity index (χ1v) is 6.95. The average Bonchev–Trinajstić information content (AvgIpc) is 2.86. The number of halogens is 1. The van der Waals surface area contributed by atoms with Crippen LogP contribution in [0.25, 0.3) is 0 Å². The summed E-state index contributed by atoms with van der Waals surface area (Å²) in [6.45, 7) is 3.31. The van der Waals surface area contributed by atoms with Crippen LogP contribution >= 0.6 is 12.4 Å². The van der Waals surface area contributed by atoms with Gasteiger partial charge in [0.25, 0.3) is 0 Å². The van der Waals surface area contributed by atoms with Crippen LogP contribution in [0.4, 0.5) is 5.69 Å². The van der Waals surface area contributed by atoms with Gasteiger partial charge in [-0.1, -0.05) is 12.1 Å². The maximum atomic E-state index is 12.1. The molecular formula is C15H22ClN3O2. The van der Waals surface area contributed by atoms with Gasteiger partial charge in [0.1, 0.15) is 0 Å². The zero-order valence-electron chi connectivity index (χ0n) is 12.2. The summed E-state index contributed by atoms with van der Waals surface area (Å²) in [5.41, 5.74) is 6.82. The minimum absolute atomic E-state index is 0. The fourth-order valence-electron chi connectivity index (χ4n) is 2.64. The lowest BCUT2D eigenvalue weighted by Gasteiger charge is -2.22. The van der Waals surface area contributed by atoms with Crippen LogP contribution in [-0.4, -0.2) is 42.3 Å². The number of anilines is 1. The van der Waals surface area contributed by atoms with Crippen molar-refractivity contribution in [1.29, 1.82) is 0 Å². The number of ketones is 1. The third kappa shape index (κ3) is 4.52. The predicted molar refractivity (Wildman–Crippen MR) is 86.0 cm³/mol. The topological polar surface area (TPSA) is 75.4 Å². The quantitative estimate of drug-likeness (QED) is 0.811. The zero-order chi connectivity index (χ0) is 14.5. The SMILES string of the molecule is CC(=O)c1ccccc1NC(=O)CN1CCCC1CN.Cl. The van der Waals surface area contributed by atoms with Crippen molar-refractivity contribution in [2.45, 2.75) is 25.8 Å². The van der Waals surface area contributed by atoms with E-state index >= 15 is 0 Å². The van der Waals surface area contributed by atoms with Gasteiger partial charge < -0.3 is 11.1 Å². The maximum absolute atomic E-state index is 12.1. The van der Waals surface area contributed by atoms with Gasteiger partial charge in [0.2, 0.25) is 5.91 Å². The van der Waals surface area contributed by atoms with E-state index < -0.39 is 0 Å². The molecule has 21 heavy (non-hydrogen) atoms. The molecule has 5 nitrogen and oxygen atoms in total. The van der Waals surface area contributed by atoms with Crippen molar-refractivity contribution >= 4 is 29.8 Å². The van der Waals surface area contributed by atoms with E-state index in [1.165, 1.54) is 6.92 Å². The van der Waals surface area contributed by atoms with Crippen LogP contribution in [-0.2, 0) is 4.79 Å². The maximum Gasteiger partial charge on any atom is 0.238 e. The number of nitrogens with one attached hydrogen (secondary N) is 1. The Morgan fingerprint density at radius 3 is 2.76 bits per heavy atom. The molecule has 1 heterocycles. The lowest BCUT2D eigenvalue weighted by Crippen LogP contribution is -2.40. The monoisotopic (exact) mass is 311 g/mol. The molecule has 0 radical (unpaired) electrons. The number of carbonyl (C=O) groups is 2. The third-order valence-corrected chi connectivity index (χ3v) is 3.70. The molecule has 116 valence electrons. The first kappa shape index (κ1) is 17.6. The zero-order valence-corrected chi connectivity index (χ0v) is 13.0. The van der Waals surface area contributed by atoms with E-state index in [2.05, 4.69) is 10.2 Å². The number of amides is 1. The molecule has 1 fully saturated rings. The second-order valence-corrected chi connectivity index (χ2v) is 5.15. The van der Waals surface area contributed by atoms with E-state index in [4.69, 9.17) is 5.73 Å². The van der Waals surface area contributed by atoms with Crippen molar-refractivity contribution in [1.82, 2.24) is 4.90 Å². The summed E-state index contributed by atoms with van der Waals surface area (Å²) in [6.07, 6.45) is 2.13. The highest BCUT2D eigenvalue weighted by Gasteiger charge is 2.25. The molecule has 1 aliphatic heterocycles. The van der Waals surface area contributed by atoms with E-state index in [0.29, 0.717) is 30.4 Å². The molecule has 1 aromatic carbocycles. The summed E-state index contributed by atoms with van der Waals surface area (Å²) in [6, 6.07) is 7.36. The van der Waals surface area contributed by atoms with Crippen LogP contribution in [0.5, 0.6) is 0 Å². The highest BCUT2D eigenvalue weighted by Crippen LogP contribution is 2.18. The van der Waals surface area contributed by atoms with Gasteiger partial charge in [-0.05, 0) is 38.4 Å². The van der Waals surface area contributed by atoms with Gasteiger partial charge >= 0.3 is 0 Å². The molecule has 0 aliphatic carbocycles. The van der Waals surface area contributed by atoms with Crippen molar-refractivity contribution in [3.8, 4) is 0 Å². The van der Waals surface area contributed by atoms with Gasteiger partial charge in [-0.2, -0.15) is 0 Å². The number of benzene rings is 1. The standard InChI is InChI=1S/C15H21N3O2.ClH/c1-11(19)13-6-2-3-7-14(13)17-15(20)10-18-8-4-5-12(18)9-16;/h2-3,6-7,12H,4-5,8-10,16H2,1H3,(H,17,20);1H. The summed E-state index contributed by atoms with van der Waals surface area (Å²) in [5.74, 6) is -0.152. The minimum atomic E-state index is -0.0981. The minimum Gasteiger partial charge on any atom is -0.329 e. The molecule has 1 unspecified atom stereocenters. The van der Waals surface area contributed by atoms with E-state index in [1.54, 1.807) is 24.3 Å². The van der Waals surface area contributed by atoms with Gasteiger partial charge in [-0.15, -0.1) is 12.4 Å². The molecular weight excluding hydrogens is 290 g/mol. The first-order chi connectivity index (χ1) is 9.61. The fourth-order valence-corrected chi connectivity index (χ4v) is 2.64. The molecule has 1 atom stereocenters. The van der Waals surface area contributed by atoms with Crippen LogP contribution in [0.15, 0.2) is 24.3 Å². The number of Topliss-reactive ketones (excluding diaryl/α,β-unsaturated/α-hetero) is 1. The number of likely N-dealkylation sites (tertiary alicyclic amines) is 1. The molecule has 6 heteroatoms. The number of hydrogen-bond acceptors (Lipinski definition) is 4. The Balaban J connectivity index is 0.00000220. The number of rotatable bonds is 5. The lowest BCUT2D eigenvalue weighted by molar-refractivity contribution is -0.117. The normalized spacial score (nSPS) is 18.1. The van der Waals surface area contributed by atoms with Gasteiger partial charge in [-0.25, -0.2) is 0 Å². The molecule has 1 amide bonds. The largest absolute Gasteiger partial charge is 0.329 e. The van der Waals surface area contributed by atoms with Gasteiger partial charge in [-0.3, -0.25) is 14.5 Å². The molecule has 0 spiro atoms. The Bertz CT molecular complexity index is 507. The van der Waals surface area contributed by atoms with Crippen LogP contribution in [0.2, 0.25) is 0 Å². The highest BCUT2D eigenvalue weighted by molar-refractivity contribution is 6.04. The highest BCUT2D eigenvalue weighted by atomic mass is 35.5. The third-order valence-electron chi connectivity index (χ3n) is 3.70. The Labute approximate surface area is 131 Å².